The second-order valence-corrected chi connectivity index (χ2v) is 4.64. The van der Waals surface area contributed by atoms with Gasteiger partial charge in [-0.25, -0.2) is 9.97 Å². The molecule has 4 nitrogen and oxygen atoms in total. The molecule has 0 aliphatic heterocycles. The maximum atomic E-state index is 4.48. The maximum absolute atomic E-state index is 4.48. The highest BCUT2D eigenvalue weighted by molar-refractivity contribution is 5.84. The van der Waals surface area contributed by atoms with Gasteiger partial charge in [0.05, 0.1) is 11.0 Å². The lowest BCUT2D eigenvalue weighted by atomic mass is 10.2. The first kappa shape index (κ1) is 11.0. The lowest BCUT2D eigenvalue weighted by molar-refractivity contribution is 1.26. The zero-order valence-corrected chi connectivity index (χ0v) is 10.7. The van der Waals surface area contributed by atoms with Crippen LogP contribution in [0.5, 0.6) is 0 Å². The molecule has 4 heteroatoms. The third-order valence-corrected chi connectivity index (χ3v) is 3.27. The fraction of sp³-hybridized carbons (Fsp3) is 0. The summed E-state index contributed by atoms with van der Waals surface area (Å²) in [6.07, 6.45) is 1.86. The third kappa shape index (κ3) is 1.87. The summed E-state index contributed by atoms with van der Waals surface area (Å²) in [5.41, 5.74) is 1.95. The fourth-order valence-corrected chi connectivity index (χ4v) is 2.29. The summed E-state index contributed by atoms with van der Waals surface area (Å²) in [5.74, 6) is 1.48. The average molecular weight is 260 g/mol. The van der Waals surface area contributed by atoms with Crippen LogP contribution in [0.3, 0.4) is 0 Å². The Balaban J connectivity index is 1.72. The van der Waals surface area contributed by atoms with Gasteiger partial charge in [-0.2, -0.15) is 0 Å². The number of fused-ring (bicyclic) bond motifs is 2. The third-order valence-electron chi connectivity index (χ3n) is 3.27. The van der Waals surface area contributed by atoms with Crippen molar-refractivity contribution in [2.24, 2.45) is 0 Å². The number of aromatic nitrogens is 3. The molecule has 4 rings (SSSR count). The van der Waals surface area contributed by atoms with Gasteiger partial charge in [0.25, 0.3) is 0 Å². The molecule has 96 valence electrons. The minimum Gasteiger partial charge on any atom is -0.324 e. The predicted octanol–water partition coefficient (Wildman–Crippen LogP) is 3.85. The summed E-state index contributed by atoms with van der Waals surface area (Å²) < 4.78 is 0. The van der Waals surface area contributed by atoms with Crippen LogP contribution in [0.2, 0.25) is 0 Å². The molecule has 0 fully saturated rings. The highest BCUT2D eigenvalue weighted by Gasteiger charge is 2.03. The zero-order chi connectivity index (χ0) is 13.4. The van der Waals surface area contributed by atoms with E-state index in [0.29, 0.717) is 5.95 Å². The molecule has 0 saturated carbocycles. The second kappa shape index (κ2) is 4.35. The van der Waals surface area contributed by atoms with E-state index >= 15 is 0 Å². The van der Waals surface area contributed by atoms with Gasteiger partial charge in [-0.1, -0.05) is 36.4 Å². The van der Waals surface area contributed by atoms with Crippen LogP contribution in [0.25, 0.3) is 21.8 Å². The van der Waals surface area contributed by atoms with Crippen molar-refractivity contribution >= 4 is 33.6 Å². The van der Waals surface area contributed by atoms with Gasteiger partial charge in [-0.3, -0.25) is 0 Å². The minimum absolute atomic E-state index is 0.703. The molecule has 0 aliphatic carbocycles. The Labute approximate surface area is 115 Å². The van der Waals surface area contributed by atoms with E-state index < -0.39 is 0 Å². The van der Waals surface area contributed by atoms with Crippen molar-refractivity contribution in [1.82, 2.24) is 15.0 Å². The number of rotatable bonds is 2. The van der Waals surface area contributed by atoms with E-state index in [9.17, 15) is 0 Å². The standard InChI is InChI=1S/C16H12N4/c1-2-6-12-10-17-15(9-11(12)5-1)20-16-18-13-7-3-4-8-14(13)19-16/h1-10H,(H2,17,18,19,20). The Hall–Kier alpha value is -2.88. The number of hydrogen-bond donors (Lipinski definition) is 2. The number of nitrogens with zero attached hydrogens (tertiary/aromatic N) is 2. The summed E-state index contributed by atoms with van der Waals surface area (Å²) in [5, 5.41) is 5.49. The molecule has 0 saturated heterocycles. The summed E-state index contributed by atoms with van der Waals surface area (Å²) in [6.45, 7) is 0. The Morgan fingerprint density at radius 3 is 2.60 bits per heavy atom. The number of pyridine rings is 1. The second-order valence-electron chi connectivity index (χ2n) is 4.64. The number of imidazole rings is 1. The smallest absolute Gasteiger partial charge is 0.206 e. The molecule has 4 aromatic rings. The largest absolute Gasteiger partial charge is 0.324 e. The summed E-state index contributed by atoms with van der Waals surface area (Å²) in [6, 6.07) is 18.1. The van der Waals surface area contributed by atoms with Crippen molar-refractivity contribution in [2.45, 2.75) is 0 Å². The number of para-hydroxylation sites is 2. The van der Waals surface area contributed by atoms with Crippen LogP contribution >= 0.6 is 0 Å². The highest BCUT2D eigenvalue weighted by Crippen LogP contribution is 2.20. The van der Waals surface area contributed by atoms with Gasteiger partial charge in [-0.05, 0) is 23.6 Å². The Bertz CT molecular complexity index is 862. The number of H-pyrrole nitrogens is 1. The minimum atomic E-state index is 0.703. The predicted molar refractivity (Wildman–Crippen MR) is 81.1 cm³/mol. The van der Waals surface area contributed by atoms with Gasteiger partial charge in [0.1, 0.15) is 5.82 Å². The van der Waals surface area contributed by atoms with Crippen molar-refractivity contribution in [3.63, 3.8) is 0 Å². The number of anilines is 2. The van der Waals surface area contributed by atoms with E-state index in [1.54, 1.807) is 0 Å². The summed E-state index contributed by atoms with van der Waals surface area (Å²) in [4.78, 5) is 12.1. The molecule has 0 unspecified atom stereocenters. The molecule has 2 aromatic heterocycles. The average Bonchev–Trinajstić information content (AvgIpc) is 2.89. The number of aromatic amines is 1. The van der Waals surface area contributed by atoms with Crippen LogP contribution in [-0.4, -0.2) is 15.0 Å². The first-order valence-corrected chi connectivity index (χ1v) is 6.45. The van der Waals surface area contributed by atoms with E-state index in [1.165, 1.54) is 0 Å². The van der Waals surface area contributed by atoms with Crippen molar-refractivity contribution < 1.29 is 0 Å². The molecule has 2 aromatic carbocycles. The van der Waals surface area contributed by atoms with Crippen LogP contribution in [0.1, 0.15) is 0 Å². The molecule has 0 radical (unpaired) electrons. The van der Waals surface area contributed by atoms with E-state index in [1.807, 2.05) is 54.7 Å². The van der Waals surface area contributed by atoms with Crippen LogP contribution < -0.4 is 5.32 Å². The number of nitrogens with one attached hydrogen (secondary N) is 2. The van der Waals surface area contributed by atoms with Gasteiger partial charge >= 0.3 is 0 Å². The van der Waals surface area contributed by atoms with E-state index in [-0.39, 0.29) is 0 Å². The van der Waals surface area contributed by atoms with Crippen LogP contribution in [0.15, 0.2) is 60.8 Å². The van der Waals surface area contributed by atoms with Crippen molar-refractivity contribution in [3.8, 4) is 0 Å². The fourth-order valence-electron chi connectivity index (χ4n) is 2.29. The van der Waals surface area contributed by atoms with Gasteiger partial charge < -0.3 is 10.3 Å². The summed E-state index contributed by atoms with van der Waals surface area (Å²) in [7, 11) is 0. The highest BCUT2D eigenvalue weighted by atomic mass is 15.1. The zero-order valence-electron chi connectivity index (χ0n) is 10.7. The van der Waals surface area contributed by atoms with Gasteiger partial charge in [0.2, 0.25) is 5.95 Å². The van der Waals surface area contributed by atoms with Crippen LogP contribution in [0, 0.1) is 0 Å². The van der Waals surface area contributed by atoms with Gasteiger partial charge in [-0.15, -0.1) is 0 Å². The van der Waals surface area contributed by atoms with Crippen LogP contribution in [0.4, 0.5) is 11.8 Å². The topological polar surface area (TPSA) is 53.6 Å². The molecule has 0 aliphatic rings. The Kier molecular flexibility index (Phi) is 2.39. The monoisotopic (exact) mass is 260 g/mol. The first-order valence-electron chi connectivity index (χ1n) is 6.45. The molecule has 0 bridgehead atoms. The molecular weight excluding hydrogens is 248 g/mol. The van der Waals surface area contributed by atoms with Crippen LogP contribution in [-0.2, 0) is 0 Å². The molecule has 0 amide bonds. The van der Waals surface area contributed by atoms with Crippen molar-refractivity contribution in [2.75, 3.05) is 5.32 Å². The van der Waals surface area contributed by atoms with Crippen molar-refractivity contribution in [3.05, 3.63) is 60.8 Å². The first-order chi connectivity index (χ1) is 9.88. The van der Waals surface area contributed by atoms with Gasteiger partial charge in [0.15, 0.2) is 0 Å². The molecule has 0 atom stereocenters. The Morgan fingerprint density at radius 1 is 0.900 bits per heavy atom. The van der Waals surface area contributed by atoms with E-state index in [4.69, 9.17) is 0 Å². The van der Waals surface area contributed by atoms with E-state index in [2.05, 4.69) is 26.3 Å². The van der Waals surface area contributed by atoms with Gasteiger partial charge in [0, 0.05) is 11.6 Å². The van der Waals surface area contributed by atoms with Crippen molar-refractivity contribution in [1.29, 1.82) is 0 Å². The normalized spacial score (nSPS) is 11.0. The number of hydrogen-bond acceptors (Lipinski definition) is 3. The summed E-state index contributed by atoms with van der Waals surface area (Å²) >= 11 is 0. The lowest BCUT2D eigenvalue weighted by Crippen LogP contribution is -1.94. The quantitative estimate of drug-likeness (QED) is 0.575. The Morgan fingerprint density at radius 2 is 1.70 bits per heavy atom. The molecule has 20 heavy (non-hydrogen) atoms. The molecule has 0 spiro atoms. The molecule has 2 heterocycles. The maximum Gasteiger partial charge on any atom is 0.206 e. The van der Waals surface area contributed by atoms with E-state index in [0.717, 1.165) is 27.6 Å². The number of benzene rings is 2. The molecular formula is C16H12N4. The molecule has 2 N–H and O–H groups in total. The SMILES string of the molecule is c1ccc2cc(Nc3nc4ccccc4[nH]3)ncc2c1. The lowest BCUT2D eigenvalue weighted by Gasteiger charge is -2.03.